The molecular weight excluding hydrogens is 384 g/mol. The third kappa shape index (κ3) is 4.36. The molecule has 0 aliphatic heterocycles. The number of aromatic hydroxyl groups is 2. The van der Waals surface area contributed by atoms with Gasteiger partial charge in [-0.2, -0.15) is 0 Å². The van der Waals surface area contributed by atoms with Gasteiger partial charge in [-0.25, -0.2) is 0 Å². The van der Waals surface area contributed by atoms with Crippen molar-refractivity contribution in [3.05, 3.63) is 78.4 Å². The molecule has 0 heterocycles. The van der Waals surface area contributed by atoms with Crippen molar-refractivity contribution in [3.63, 3.8) is 0 Å². The summed E-state index contributed by atoms with van der Waals surface area (Å²) in [5.74, 6) is 1.55. The van der Waals surface area contributed by atoms with Gasteiger partial charge in [0.25, 0.3) is 0 Å². The van der Waals surface area contributed by atoms with Crippen LogP contribution in [-0.4, -0.2) is 17.3 Å². The highest BCUT2D eigenvalue weighted by Gasteiger charge is 2.09. The van der Waals surface area contributed by atoms with Crippen molar-refractivity contribution in [1.82, 2.24) is 0 Å². The monoisotopic (exact) mass is 414 g/mol. The summed E-state index contributed by atoms with van der Waals surface area (Å²) in [6.45, 7) is 8.21. The Morgan fingerprint density at radius 2 is 1.23 bits per heavy atom. The number of benzene rings is 5. The molecule has 0 radical (unpaired) electrons. The topological polar surface area (TPSA) is 49.7 Å². The molecular formula is C28H30O3. The van der Waals surface area contributed by atoms with Crippen LogP contribution >= 0.6 is 0 Å². The molecule has 5 aromatic carbocycles. The summed E-state index contributed by atoms with van der Waals surface area (Å²) in [5.41, 5.74) is 1.17. The average molecular weight is 415 g/mol. The van der Waals surface area contributed by atoms with Gasteiger partial charge in [0.05, 0.1) is 7.11 Å². The molecule has 0 aliphatic carbocycles. The van der Waals surface area contributed by atoms with E-state index >= 15 is 0 Å². The highest BCUT2D eigenvalue weighted by Crippen LogP contribution is 2.37. The maximum absolute atomic E-state index is 9.95. The number of ether oxygens (including phenoxy) is 1. The second kappa shape index (κ2) is 9.57. The molecule has 0 aromatic heterocycles. The van der Waals surface area contributed by atoms with E-state index in [0.29, 0.717) is 17.4 Å². The summed E-state index contributed by atoms with van der Waals surface area (Å²) in [4.78, 5) is 0. The summed E-state index contributed by atoms with van der Waals surface area (Å²) in [6, 6.07) is 23.8. The van der Waals surface area contributed by atoms with E-state index in [4.69, 9.17) is 4.74 Å². The SMILES string of the molecule is CC.COc1cc(C(C)C)ccc1O.Oc1ccc2ccc3cccc4ccc1c2c34. The van der Waals surface area contributed by atoms with Crippen LogP contribution in [0.3, 0.4) is 0 Å². The van der Waals surface area contributed by atoms with E-state index in [1.165, 1.54) is 32.5 Å². The zero-order valence-electron chi connectivity index (χ0n) is 18.8. The number of rotatable bonds is 2. The maximum atomic E-state index is 9.95. The van der Waals surface area contributed by atoms with Crippen LogP contribution in [0, 0.1) is 0 Å². The van der Waals surface area contributed by atoms with Gasteiger partial charge >= 0.3 is 0 Å². The minimum absolute atomic E-state index is 0.196. The van der Waals surface area contributed by atoms with Crippen LogP contribution in [-0.2, 0) is 0 Å². The number of phenolic OH excluding ortho intramolecular Hbond substituents is 2. The lowest BCUT2D eigenvalue weighted by atomic mass is 9.94. The first-order chi connectivity index (χ1) is 15.0. The highest BCUT2D eigenvalue weighted by atomic mass is 16.5. The molecule has 5 aromatic rings. The summed E-state index contributed by atoms with van der Waals surface area (Å²) in [5, 5.41) is 26.2. The van der Waals surface area contributed by atoms with Crippen LogP contribution in [0.15, 0.2) is 72.8 Å². The van der Waals surface area contributed by atoms with Gasteiger partial charge < -0.3 is 14.9 Å². The third-order valence-electron chi connectivity index (χ3n) is 5.38. The Labute approximate surface area is 183 Å². The van der Waals surface area contributed by atoms with E-state index in [9.17, 15) is 10.2 Å². The first-order valence-electron chi connectivity index (χ1n) is 10.7. The Morgan fingerprint density at radius 1 is 0.677 bits per heavy atom. The maximum Gasteiger partial charge on any atom is 0.160 e. The number of phenols is 2. The largest absolute Gasteiger partial charge is 0.507 e. The van der Waals surface area contributed by atoms with E-state index in [-0.39, 0.29) is 5.75 Å². The van der Waals surface area contributed by atoms with Gasteiger partial charge in [-0.15, -0.1) is 0 Å². The minimum Gasteiger partial charge on any atom is -0.507 e. The second-order valence-corrected chi connectivity index (χ2v) is 7.53. The lowest BCUT2D eigenvalue weighted by molar-refractivity contribution is 0.372. The minimum atomic E-state index is 0.196. The Hall–Kier alpha value is -3.46. The van der Waals surface area contributed by atoms with Crippen molar-refractivity contribution in [3.8, 4) is 17.2 Å². The molecule has 0 fully saturated rings. The van der Waals surface area contributed by atoms with Crippen LogP contribution in [0.2, 0.25) is 0 Å². The van der Waals surface area contributed by atoms with Crippen molar-refractivity contribution in [2.24, 2.45) is 0 Å². The molecule has 3 heteroatoms. The summed E-state index contributed by atoms with van der Waals surface area (Å²) in [7, 11) is 1.55. The molecule has 2 N–H and O–H groups in total. The van der Waals surface area contributed by atoms with Gasteiger partial charge in [0, 0.05) is 10.8 Å². The molecule has 5 rings (SSSR count). The molecule has 0 saturated heterocycles. The molecule has 3 nitrogen and oxygen atoms in total. The summed E-state index contributed by atoms with van der Waals surface area (Å²) in [6.07, 6.45) is 0. The van der Waals surface area contributed by atoms with Crippen LogP contribution in [0.1, 0.15) is 39.2 Å². The van der Waals surface area contributed by atoms with Crippen molar-refractivity contribution in [2.45, 2.75) is 33.6 Å². The van der Waals surface area contributed by atoms with E-state index in [2.05, 4.69) is 50.2 Å². The highest BCUT2D eigenvalue weighted by molar-refractivity contribution is 6.23. The molecule has 0 unspecified atom stereocenters. The molecule has 0 saturated carbocycles. The third-order valence-corrected chi connectivity index (χ3v) is 5.38. The van der Waals surface area contributed by atoms with Crippen LogP contribution in [0.4, 0.5) is 0 Å². The van der Waals surface area contributed by atoms with E-state index < -0.39 is 0 Å². The van der Waals surface area contributed by atoms with Crippen LogP contribution in [0.25, 0.3) is 32.3 Å². The molecule has 31 heavy (non-hydrogen) atoms. The molecule has 160 valence electrons. The fourth-order valence-corrected chi connectivity index (χ4v) is 3.77. The number of methoxy groups -OCH3 is 1. The standard InChI is InChI=1S/C16H10O.C10H14O2.C2H6/c17-14-9-7-12-5-4-10-2-1-3-11-6-8-13(14)16(12)15(10)11;1-7(2)8-4-5-9(11)10(6-8)12-3;1-2/h1-9,17H;4-7,11H,1-3H3;1-2H3. The predicted molar refractivity (Wildman–Crippen MR) is 132 cm³/mol. The first-order valence-corrected chi connectivity index (χ1v) is 10.7. The van der Waals surface area contributed by atoms with Crippen molar-refractivity contribution >= 4 is 32.3 Å². The van der Waals surface area contributed by atoms with Crippen molar-refractivity contribution < 1.29 is 14.9 Å². The number of hydrogen-bond acceptors (Lipinski definition) is 3. The van der Waals surface area contributed by atoms with E-state index in [1.807, 2.05) is 38.1 Å². The Morgan fingerprint density at radius 3 is 1.84 bits per heavy atom. The van der Waals surface area contributed by atoms with E-state index in [1.54, 1.807) is 19.2 Å². The molecule has 0 bridgehead atoms. The van der Waals surface area contributed by atoms with Gasteiger partial charge in [-0.05, 0) is 51.2 Å². The molecule has 0 atom stereocenters. The summed E-state index contributed by atoms with van der Waals surface area (Å²) >= 11 is 0. The molecule has 0 aliphatic rings. The lowest BCUT2D eigenvalue weighted by Crippen LogP contribution is -1.89. The zero-order chi connectivity index (χ0) is 22.5. The average Bonchev–Trinajstić information content (AvgIpc) is 2.80. The first kappa shape index (κ1) is 22.2. The van der Waals surface area contributed by atoms with Gasteiger partial charge in [0.1, 0.15) is 5.75 Å². The van der Waals surface area contributed by atoms with Gasteiger partial charge in [0.2, 0.25) is 0 Å². The van der Waals surface area contributed by atoms with Gasteiger partial charge in [-0.1, -0.05) is 82.3 Å². The molecule has 0 amide bonds. The smallest absolute Gasteiger partial charge is 0.160 e. The van der Waals surface area contributed by atoms with Crippen LogP contribution in [0.5, 0.6) is 17.2 Å². The van der Waals surface area contributed by atoms with E-state index in [0.717, 1.165) is 5.39 Å². The fraction of sp³-hybridized carbons (Fsp3) is 0.214. The normalized spacial score (nSPS) is 10.6. The Bertz CT molecular complexity index is 1270. The quantitative estimate of drug-likeness (QED) is 0.289. The number of hydrogen-bond donors (Lipinski definition) is 2. The Kier molecular flexibility index (Phi) is 6.86. The van der Waals surface area contributed by atoms with Gasteiger partial charge in [-0.3, -0.25) is 0 Å². The summed E-state index contributed by atoms with van der Waals surface area (Å²) < 4.78 is 4.99. The van der Waals surface area contributed by atoms with Crippen LogP contribution < -0.4 is 4.74 Å². The molecule has 0 spiro atoms. The zero-order valence-corrected chi connectivity index (χ0v) is 18.8. The fourth-order valence-electron chi connectivity index (χ4n) is 3.77. The Balaban J connectivity index is 0.000000173. The second-order valence-electron chi connectivity index (χ2n) is 7.53. The van der Waals surface area contributed by atoms with Crippen molar-refractivity contribution in [1.29, 1.82) is 0 Å². The van der Waals surface area contributed by atoms with Gasteiger partial charge in [0.15, 0.2) is 11.5 Å². The lowest BCUT2D eigenvalue weighted by Gasteiger charge is -2.11. The van der Waals surface area contributed by atoms with Crippen molar-refractivity contribution in [2.75, 3.05) is 7.11 Å². The predicted octanol–water partition coefficient (Wildman–Crippen LogP) is 7.84.